The number of halogens is 3. The van der Waals surface area contributed by atoms with Gasteiger partial charge in [0.1, 0.15) is 5.25 Å². The summed E-state index contributed by atoms with van der Waals surface area (Å²) in [5, 5.41) is 7.30. The maximum atomic E-state index is 11.9. The molecule has 0 saturated carbocycles. The highest BCUT2D eigenvalue weighted by molar-refractivity contribution is 7.92. The van der Waals surface area contributed by atoms with E-state index in [2.05, 4.69) is 0 Å². The van der Waals surface area contributed by atoms with Crippen LogP contribution in [0.5, 0.6) is 0 Å². The van der Waals surface area contributed by atoms with Crippen molar-refractivity contribution in [1.82, 2.24) is 0 Å². The average molecular weight is 257 g/mol. The second kappa shape index (κ2) is 6.09. The first-order valence-electron chi connectivity index (χ1n) is 4.91. The summed E-state index contributed by atoms with van der Waals surface area (Å²) < 4.78 is 58.4. The molecule has 0 aromatic rings. The van der Waals surface area contributed by atoms with E-state index in [0.717, 1.165) is 0 Å². The Morgan fingerprint density at radius 2 is 1.94 bits per heavy atom. The minimum absolute atomic E-state index is 0.104. The lowest BCUT2D eigenvalue weighted by Gasteiger charge is -2.11. The Balaban J connectivity index is 4.46. The first-order valence-corrected chi connectivity index (χ1v) is 6.62. The third kappa shape index (κ3) is 5.95. The third-order valence-corrected chi connectivity index (χ3v) is 4.05. The van der Waals surface area contributed by atoms with Crippen molar-refractivity contribution in [3.8, 4) is 6.07 Å². The van der Waals surface area contributed by atoms with E-state index < -0.39 is 33.4 Å². The lowest BCUT2D eigenvalue weighted by molar-refractivity contribution is -0.129. The van der Waals surface area contributed by atoms with E-state index in [9.17, 15) is 21.6 Å². The predicted molar refractivity (Wildman–Crippen MR) is 53.4 cm³/mol. The lowest BCUT2D eigenvalue weighted by atomic mass is 10.2. The number of unbranched alkanes of at least 4 members (excludes halogenated alkanes) is 1. The highest BCUT2D eigenvalue weighted by Crippen LogP contribution is 2.22. The van der Waals surface area contributed by atoms with Gasteiger partial charge >= 0.3 is 6.18 Å². The molecule has 0 rings (SSSR count). The van der Waals surface area contributed by atoms with Gasteiger partial charge in [-0.15, -0.1) is 0 Å². The molecule has 3 nitrogen and oxygen atoms in total. The Kier molecular flexibility index (Phi) is 5.79. The second-order valence-electron chi connectivity index (χ2n) is 3.49. The first-order chi connectivity index (χ1) is 7.23. The topological polar surface area (TPSA) is 57.9 Å². The van der Waals surface area contributed by atoms with E-state index in [4.69, 9.17) is 5.26 Å². The van der Waals surface area contributed by atoms with E-state index in [1.54, 1.807) is 6.07 Å². The van der Waals surface area contributed by atoms with E-state index in [1.165, 1.54) is 0 Å². The van der Waals surface area contributed by atoms with Crippen molar-refractivity contribution in [2.75, 3.05) is 5.75 Å². The van der Waals surface area contributed by atoms with Crippen LogP contribution >= 0.6 is 0 Å². The summed E-state index contributed by atoms with van der Waals surface area (Å²) in [4.78, 5) is 0. The maximum Gasteiger partial charge on any atom is 0.390 e. The monoisotopic (exact) mass is 257 g/mol. The van der Waals surface area contributed by atoms with Crippen LogP contribution in [0.1, 0.15) is 32.6 Å². The first kappa shape index (κ1) is 15.2. The van der Waals surface area contributed by atoms with Gasteiger partial charge in [-0.3, -0.25) is 0 Å². The van der Waals surface area contributed by atoms with Gasteiger partial charge in [-0.05, 0) is 6.42 Å². The highest BCUT2D eigenvalue weighted by atomic mass is 32.2. The molecule has 16 heavy (non-hydrogen) atoms. The van der Waals surface area contributed by atoms with Crippen molar-refractivity contribution in [3.05, 3.63) is 0 Å². The van der Waals surface area contributed by atoms with Gasteiger partial charge in [0.2, 0.25) is 0 Å². The van der Waals surface area contributed by atoms with Crippen molar-refractivity contribution in [2.24, 2.45) is 0 Å². The van der Waals surface area contributed by atoms with Gasteiger partial charge in [0.15, 0.2) is 9.84 Å². The van der Waals surface area contributed by atoms with Gasteiger partial charge in [0, 0.05) is 0 Å². The van der Waals surface area contributed by atoms with E-state index >= 15 is 0 Å². The van der Waals surface area contributed by atoms with Crippen LogP contribution in [0.15, 0.2) is 0 Å². The summed E-state index contributed by atoms with van der Waals surface area (Å²) in [6.07, 6.45) is -4.57. The summed E-state index contributed by atoms with van der Waals surface area (Å²) >= 11 is 0. The van der Waals surface area contributed by atoms with Crippen LogP contribution in [0, 0.1) is 11.3 Å². The molecule has 94 valence electrons. The molecule has 0 fully saturated rings. The zero-order valence-corrected chi connectivity index (χ0v) is 9.74. The molecule has 0 N–H and O–H groups in total. The molecule has 0 aromatic carbocycles. The normalized spacial score (nSPS) is 14.4. The summed E-state index contributed by atoms with van der Waals surface area (Å²) in [6.45, 7) is 1.82. The Morgan fingerprint density at radius 1 is 1.38 bits per heavy atom. The summed E-state index contributed by atoms with van der Waals surface area (Å²) in [6, 6.07) is 1.56. The SMILES string of the molecule is CCCCC(C#N)S(=O)(=O)CCC(F)(F)F. The van der Waals surface area contributed by atoms with Gasteiger partial charge in [0.25, 0.3) is 0 Å². The van der Waals surface area contributed by atoms with Crippen LogP contribution in [0.4, 0.5) is 13.2 Å². The van der Waals surface area contributed by atoms with Crippen molar-refractivity contribution < 1.29 is 21.6 Å². The van der Waals surface area contributed by atoms with Gasteiger partial charge in [-0.1, -0.05) is 19.8 Å². The molecule has 1 unspecified atom stereocenters. The highest BCUT2D eigenvalue weighted by Gasteiger charge is 2.33. The number of nitriles is 1. The van der Waals surface area contributed by atoms with Crippen molar-refractivity contribution in [2.45, 2.75) is 44.0 Å². The molecule has 0 radical (unpaired) electrons. The fourth-order valence-corrected chi connectivity index (χ4v) is 2.60. The Bertz CT molecular complexity index is 343. The van der Waals surface area contributed by atoms with E-state index in [0.29, 0.717) is 12.8 Å². The number of sulfone groups is 1. The second-order valence-corrected chi connectivity index (χ2v) is 5.80. The third-order valence-electron chi connectivity index (χ3n) is 2.07. The molecule has 1 atom stereocenters. The number of rotatable bonds is 6. The van der Waals surface area contributed by atoms with Crippen LogP contribution in [-0.2, 0) is 9.84 Å². The Morgan fingerprint density at radius 3 is 2.31 bits per heavy atom. The van der Waals surface area contributed by atoms with Crippen LogP contribution in [0.3, 0.4) is 0 Å². The largest absolute Gasteiger partial charge is 0.390 e. The summed E-state index contributed by atoms with van der Waals surface area (Å²) in [5.41, 5.74) is 0. The van der Waals surface area contributed by atoms with Crippen LogP contribution in [0.2, 0.25) is 0 Å². The summed E-state index contributed by atoms with van der Waals surface area (Å²) in [5.74, 6) is -1.00. The Labute approximate surface area is 93.2 Å². The average Bonchev–Trinajstić information content (AvgIpc) is 2.15. The molecule has 0 heterocycles. The van der Waals surface area contributed by atoms with Crippen LogP contribution in [-0.4, -0.2) is 25.6 Å². The molecule has 0 spiro atoms. The molecular weight excluding hydrogens is 243 g/mol. The van der Waals surface area contributed by atoms with Crippen molar-refractivity contribution >= 4 is 9.84 Å². The van der Waals surface area contributed by atoms with Gasteiger partial charge in [-0.25, -0.2) is 8.42 Å². The number of alkyl halides is 3. The fourth-order valence-electron chi connectivity index (χ4n) is 1.11. The Hall–Kier alpha value is -0.770. The minimum Gasteiger partial charge on any atom is -0.227 e. The molecular formula is C9H14F3NO2S. The minimum atomic E-state index is -4.50. The standard InChI is InChI=1S/C9H14F3NO2S/c1-2-3-4-8(7-13)16(14,15)6-5-9(10,11)12/h8H,2-6H2,1H3. The smallest absolute Gasteiger partial charge is 0.227 e. The fraction of sp³-hybridized carbons (Fsp3) is 0.889. The number of hydrogen-bond acceptors (Lipinski definition) is 3. The van der Waals surface area contributed by atoms with E-state index in [1.807, 2.05) is 6.92 Å². The molecule has 0 aromatic heterocycles. The van der Waals surface area contributed by atoms with Gasteiger partial charge < -0.3 is 0 Å². The molecule has 0 aliphatic heterocycles. The van der Waals surface area contributed by atoms with Crippen molar-refractivity contribution in [1.29, 1.82) is 5.26 Å². The number of nitrogens with zero attached hydrogens (tertiary/aromatic N) is 1. The van der Waals surface area contributed by atoms with Crippen molar-refractivity contribution in [3.63, 3.8) is 0 Å². The van der Waals surface area contributed by atoms with Gasteiger partial charge in [0.05, 0.1) is 18.2 Å². The molecule has 7 heteroatoms. The zero-order valence-electron chi connectivity index (χ0n) is 8.92. The predicted octanol–water partition coefficient (Wildman–Crippen LogP) is 2.44. The maximum absolute atomic E-state index is 11.9. The zero-order chi connectivity index (χ0) is 12.8. The molecule has 0 aliphatic rings. The molecule has 0 saturated heterocycles. The van der Waals surface area contributed by atoms with E-state index in [-0.39, 0.29) is 6.42 Å². The lowest BCUT2D eigenvalue weighted by Crippen LogP contribution is -2.25. The molecule has 0 amide bonds. The molecule has 0 aliphatic carbocycles. The van der Waals surface area contributed by atoms with Gasteiger partial charge in [-0.2, -0.15) is 18.4 Å². The van der Waals surface area contributed by atoms with Crippen LogP contribution < -0.4 is 0 Å². The molecule has 0 bridgehead atoms. The number of hydrogen-bond donors (Lipinski definition) is 0. The quantitative estimate of drug-likeness (QED) is 0.734. The summed E-state index contributed by atoms with van der Waals surface area (Å²) in [7, 11) is -3.96. The van der Waals surface area contributed by atoms with Crippen LogP contribution in [0.25, 0.3) is 0 Å².